The molecule has 0 aliphatic carbocycles. The molecule has 0 radical (unpaired) electrons. The van der Waals surface area contributed by atoms with Crippen molar-refractivity contribution in [2.75, 3.05) is 7.11 Å². The van der Waals surface area contributed by atoms with Gasteiger partial charge in [0.15, 0.2) is 11.6 Å². The molecule has 0 fully saturated rings. The third-order valence-corrected chi connectivity index (χ3v) is 3.53. The Morgan fingerprint density at radius 1 is 1.31 bits per heavy atom. The molecule has 0 spiro atoms. The first-order valence-corrected chi connectivity index (χ1v) is 5.93. The number of nitrogens with zero attached hydrogens (tertiary/aromatic N) is 1. The van der Waals surface area contributed by atoms with Gasteiger partial charge >= 0.3 is 0 Å². The zero-order valence-electron chi connectivity index (χ0n) is 8.13. The monoisotopic (exact) mass is 305 g/mol. The molecule has 84 valence electrons. The van der Waals surface area contributed by atoms with E-state index in [2.05, 4.69) is 25.7 Å². The number of thiazole rings is 1. The van der Waals surface area contributed by atoms with Crippen molar-refractivity contribution >= 4 is 27.3 Å². The third kappa shape index (κ3) is 2.08. The van der Waals surface area contributed by atoms with Crippen molar-refractivity contribution < 1.29 is 13.5 Å². The van der Waals surface area contributed by atoms with Crippen LogP contribution >= 0.6 is 27.3 Å². The quantitative estimate of drug-likeness (QED) is 0.840. The van der Waals surface area contributed by atoms with Crippen LogP contribution in [-0.2, 0) is 0 Å². The topological polar surface area (TPSA) is 22.1 Å². The van der Waals surface area contributed by atoms with Gasteiger partial charge in [0, 0.05) is 17.0 Å². The molecule has 16 heavy (non-hydrogen) atoms. The minimum atomic E-state index is -0.606. The van der Waals surface area contributed by atoms with Crippen LogP contribution in [0.15, 0.2) is 22.1 Å². The molecule has 0 N–H and O–H groups in total. The number of hydrogen-bond acceptors (Lipinski definition) is 3. The minimum Gasteiger partial charge on any atom is -0.494 e. The molecular weight excluding hydrogens is 300 g/mol. The second-order valence-corrected chi connectivity index (χ2v) is 4.61. The predicted molar refractivity (Wildman–Crippen MR) is 61.7 cm³/mol. The van der Waals surface area contributed by atoms with Crippen molar-refractivity contribution in [1.82, 2.24) is 4.98 Å². The summed E-state index contributed by atoms with van der Waals surface area (Å²) in [5, 5.41) is 2.13. The van der Waals surface area contributed by atoms with Crippen molar-refractivity contribution in [3.05, 3.63) is 33.8 Å². The summed E-state index contributed by atoms with van der Waals surface area (Å²) in [6.45, 7) is 0. The molecule has 2 aromatic rings. The van der Waals surface area contributed by atoms with E-state index in [1.807, 2.05) is 0 Å². The lowest BCUT2D eigenvalue weighted by atomic mass is 10.2. The van der Waals surface area contributed by atoms with E-state index in [0.717, 1.165) is 12.1 Å². The Morgan fingerprint density at radius 2 is 2.06 bits per heavy atom. The first kappa shape index (κ1) is 11.5. The van der Waals surface area contributed by atoms with Gasteiger partial charge < -0.3 is 4.74 Å². The number of hydrogen-bond donors (Lipinski definition) is 0. The fraction of sp³-hybridized carbons (Fsp3) is 0.100. The first-order chi connectivity index (χ1) is 7.61. The van der Waals surface area contributed by atoms with Crippen LogP contribution in [0.3, 0.4) is 0 Å². The smallest absolute Gasteiger partial charge is 0.165 e. The van der Waals surface area contributed by atoms with Gasteiger partial charge in [-0.1, -0.05) is 0 Å². The van der Waals surface area contributed by atoms with Crippen LogP contribution < -0.4 is 4.74 Å². The Balaban J connectivity index is 2.54. The zero-order chi connectivity index (χ0) is 11.7. The Kier molecular flexibility index (Phi) is 3.20. The molecule has 2 nitrogen and oxygen atoms in total. The normalized spacial score (nSPS) is 10.5. The SMILES string of the molecule is COc1cc(F)c(-c2nc(Br)cs2)cc1F. The van der Waals surface area contributed by atoms with Crippen molar-refractivity contribution in [2.45, 2.75) is 0 Å². The lowest BCUT2D eigenvalue weighted by molar-refractivity contribution is 0.383. The highest BCUT2D eigenvalue weighted by atomic mass is 79.9. The molecule has 0 atom stereocenters. The summed E-state index contributed by atoms with van der Waals surface area (Å²) in [5.74, 6) is -1.28. The standard InChI is InChI=1S/C10H6BrF2NOS/c1-15-8-3-6(12)5(2-7(8)13)10-14-9(11)4-16-10/h2-4H,1H3. The van der Waals surface area contributed by atoms with Crippen molar-refractivity contribution in [3.63, 3.8) is 0 Å². The van der Waals surface area contributed by atoms with Crippen molar-refractivity contribution in [3.8, 4) is 16.3 Å². The van der Waals surface area contributed by atoms with Gasteiger partial charge in [0.1, 0.15) is 15.4 Å². The number of halogens is 3. The van der Waals surface area contributed by atoms with Gasteiger partial charge in [0.2, 0.25) is 0 Å². The first-order valence-electron chi connectivity index (χ1n) is 4.26. The summed E-state index contributed by atoms with van der Waals surface area (Å²) in [7, 11) is 1.29. The highest BCUT2D eigenvalue weighted by Gasteiger charge is 2.14. The summed E-state index contributed by atoms with van der Waals surface area (Å²) in [6, 6.07) is 2.10. The number of benzene rings is 1. The van der Waals surface area contributed by atoms with Gasteiger partial charge in [-0.2, -0.15) is 0 Å². The van der Waals surface area contributed by atoms with Crippen LogP contribution in [-0.4, -0.2) is 12.1 Å². The third-order valence-electron chi connectivity index (χ3n) is 1.95. The number of rotatable bonds is 2. The molecule has 1 aromatic heterocycles. The van der Waals surface area contributed by atoms with Gasteiger partial charge in [-0.15, -0.1) is 11.3 Å². The maximum absolute atomic E-state index is 13.6. The largest absolute Gasteiger partial charge is 0.494 e. The van der Waals surface area contributed by atoms with E-state index >= 15 is 0 Å². The molecule has 2 rings (SSSR count). The summed E-state index contributed by atoms with van der Waals surface area (Å²) >= 11 is 4.39. The van der Waals surface area contributed by atoms with Gasteiger partial charge in [0.05, 0.1) is 7.11 Å². The van der Waals surface area contributed by atoms with Crippen LogP contribution in [0.4, 0.5) is 8.78 Å². The van der Waals surface area contributed by atoms with Gasteiger partial charge in [-0.05, 0) is 22.0 Å². The second kappa shape index (κ2) is 4.47. The highest BCUT2D eigenvalue weighted by molar-refractivity contribution is 9.10. The Labute approximate surface area is 103 Å². The second-order valence-electron chi connectivity index (χ2n) is 2.94. The summed E-state index contributed by atoms with van der Waals surface area (Å²) in [4.78, 5) is 4.03. The maximum Gasteiger partial charge on any atom is 0.165 e. The molecule has 0 aliphatic rings. The molecule has 6 heteroatoms. The molecule has 0 saturated carbocycles. The van der Waals surface area contributed by atoms with Gasteiger partial charge in [-0.25, -0.2) is 13.8 Å². The fourth-order valence-electron chi connectivity index (χ4n) is 1.23. The lowest BCUT2D eigenvalue weighted by Gasteiger charge is -2.04. The van der Waals surface area contributed by atoms with Crippen LogP contribution in [0.5, 0.6) is 5.75 Å². The maximum atomic E-state index is 13.6. The van der Waals surface area contributed by atoms with Crippen LogP contribution in [0.25, 0.3) is 10.6 Å². The number of ether oxygens (including phenoxy) is 1. The van der Waals surface area contributed by atoms with Crippen LogP contribution in [0, 0.1) is 11.6 Å². The number of methoxy groups -OCH3 is 1. The summed E-state index contributed by atoms with van der Waals surface area (Å²) in [6.07, 6.45) is 0. The average molecular weight is 306 g/mol. The van der Waals surface area contributed by atoms with E-state index in [9.17, 15) is 8.78 Å². The molecule has 0 aliphatic heterocycles. The molecule has 1 heterocycles. The molecular formula is C10H6BrF2NOS. The summed E-state index contributed by atoms with van der Waals surface area (Å²) in [5.41, 5.74) is 0.133. The minimum absolute atomic E-state index is 0.114. The predicted octanol–water partition coefficient (Wildman–Crippen LogP) is 3.86. The number of aromatic nitrogens is 1. The van der Waals surface area contributed by atoms with E-state index in [0.29, 0.717) is 9.61 Å². The van der Waals surface area contributed by atoms with E-state index in [1.54, 1.807) is 5.38 Å². The van der Waals surface area contributed by atoms with E-state index < -0.39 is 11.6 Å². The van der Waals surface area contributed by atoms with Crippen molar-refractivity contribution in [1.29, 1.82) is 0 Å². The molecule has 1 aromatic carbocycles. The van der Waals surface area contributed by atoms with Gasteiger partial charge in [0.25, 0.3) is 0 Å². The van der Waals surface area contributed by atoms with Gasteiger partial charge in [-0.3, -0.25) is 0 Å². The highest BCUT2D eigenvalue weighted by Crippen LogP contribution is 2.31. The molecule has 0 bridgehead atoms. The Morgan fingerprint density at radius 3 is 2.62 bits per heavy atom. The van der Waals surface area contributed by atoms with Crippen LogP contribution in [0.1, 0.15) is 0 Å². The zero-order valence-corrected chi connectivity index (χ0v) is 10.5. The molecule has 0 amide bonds. The van der Waals surface area contributed by atoms with E-state index in [-0.39, 0.29) is 11.3 Å². The fourth-order valence-corrected chi connectivity index (χ4v) is 2.50. The summed E-state index contributed by atoms with van der Waals surface area (Å²) < 4.78 is 32.3. The molecule has 0 saturated heterocycles. The van der Waals surface area contributed by atoms with Crippen LogP contribution in [0.2, 0.25) is 0 Å². The van der Waals surface area contributed by atoms with E-state index in [4.69, 9.17) is 0 Å². The lowest BCUT2D eigenvalue weighted by Crippen LogP contribution is -1.92. The van der Waals surface area contributed by atoms with E-state index in [1.165, 1.54) is 18.4 Å². The van der Waals surface area contributed by atoms with Crippen molar-refractivity contribution in [2.24, 2.45) is 0 Å². The Hall–Kier alpha value is -1.01. The Bertz CT molecular complexity index is 530. The average Bonchev–Trinajstić information content (AvgIpc) is 2.67. The molecule has 0 unspecified atom stereocenters.